The summed E-state index contributed by atoms with van der Waals surface area (Å²) in [6, 6.07) is 4.21. The zero-order valence-electron chi connectivity index (χ0n) is 9.49. The highest BCUT2D eigenvalue weighted by Crippen LogP contribution is 2.46. The molecule has 0 unspecified atom stereocenters. The minimum absolute atomic E-state index is 0.0509. The molecular weight excluding hydrogens is 223 g/mol. The third-order valence-electron chi connectivity index (χ3n) is 3.69. The Hall–Kier alpha value is -1.49. The maximum Gasteiger partial charge on any atom is 0.304 e. The van der Waals surface area contributed by atoms with E-state index in [1.807, 2.05) is 0 Å². The summed E-state index contributed by atoms with van der Waals surface area (Å²) >= 11 is 0. The van der Waals surface area contributed by atoms with Crippen molar-refractivity contribution in [2.75, 3.05) is 6.54 Å². The number of rotatable bonds is 4. The molecule has 4 nitrogen and oxygen atoms in total. The smallest absolute Gasteiger partial charge is 0.304 e. The van der Waals surface area contributed by atoms with Crippen molar-refractivity contribution in [3.05, 3.63) is 39.7 Å². The SMILES string of the molecule is NCCC1(c2ccc([N+](=O)[O-])c(F)c2)CCC1. The fourth-order valence-electron chi connectivity index (χ4n) is 2.55. The van der Waals surface area contributed by atoms with Crippen molar-refractivity contribution in [2.24, 2.45) is 5.73 Å². The van der Waals surface area contributed by atoms with Crippen LogP contribution < -0.4 is 5.73 Å². The van der Waals surface area contributed by atoms with Crippen molar-refractivity contribution in [3.8, 4) is 0 Å². The fourth-order valence-corrected chi connectivity index (χ4v) is 2.55. The Morgan fingerprint density at radius 3 is 2.59 bits per heavy atom. The van der Waals surface area contributed by atoms with Gasteiger partial charge in [-0.1, -0.05) is 12.5 Å². The molecule has 1 aromatic rings. The second kappa shape index (κ2) is 4.41. The molecule has 0 bridgehead atoms. The highest BCUT2D eigenvalue weighted by atomic mass is 19.1. The molecular formula is C12H15FN2O2. The van der Waals surface area contributed by atoms with Crippen LogP contribution in [0, 0.1) is 15.9 Å². The summed E-state index contributed by atoms with van der Waals surface area (Å²) in [6.45, 7) is 0.554. The lowest BCUT2D eigenvalue weighted by Crippen LogP contribution is -2.36. The van der Waals surface area contributed by atoms with Gasteiger partial charge in [0.15, 0.2) is 0 Å². The van der Waals surface area contributed by atoms with E-state index in [0.717, 1.165) is 31.2 Å². The first-order valence-electron chi connectivity index (χ1n) is 5.73. The molecule has 2 N–H and O–H groups in total. The molecule has 0 heterocycles. The highest BCUT2D eigenvalue weighted by Gasteiger charge is 2.38. The molecule has 17 heavy (non-hydrogen) atoms. The molecule has 92 valence electrons. The Kier molecular flexibility index (Phi) is 3.11. The number of halogens is 1. The molecule has 1 aliphatic rings. The van der Waals surface area contributed by atoms with Crippen LogP contribution >= 0.6 is 0 Å². The average molecular weight is 238 g/mol. The second-order valence-electron chi connectivity index (χ2n) is 4.60. The first-order valence-corrected chi connectivity index (χ1v) is 5.73. The minimum Gasteiger partial charge on any atom is -0.330 e. The van der Waals surface area contributed by atoms with E-state index in [1.54, 1.807) is 6.07 Å². The lowest BCUT2D eigenvalue weighted by atomic mass is 9.62. The molecule has 0 saturated heterocycles. The predicted octanol–water partition coefficient (Wildman–Crippen LogP) is 2.50. The fraction of sp³-hybridized carbons (Fsp3) is 0.500. The quantitative estimate of drug-likeness (QED) is 0.647. The van der Waals surface area contributed by atoms with Gasteiger partial charge in [-0.15, -0.1) is 0 Å². The summed E-state index contributed by atoms with van der Waals surface area (Å²) in [5.74, 6) is -0.754. The molecule has 2 rings (SSSR count). The van der Waals surface area contributed by atoms with Gasteiger partial charge in [0, 0.05) is 6.07 Å². The molecule has 0 aromatic heterocycles. The average Bonchev–Trinajstić information content (AvgIpc) is 2.22. The number of nitro groups is 1. The zero-order chi connectivity index (χ0) is 12.5. The van der Waals surface area contributed by atoms with Crippen molar-refractivity contribution in [3.63, 3.8) is 0 Å². The van der Waals surface area contributed by atoms with Crippen LogP contribution in [0.4, 0.5) is 10.1 Å². The molecule has 0 atom stereocenters. The number of hydrogen-bond donors (Lipinski definition) is 1. The standard InChI is InChI=1S/C12H15FN2O2/c13-10-8-9(2-3-11(10)15(16)17)12(6-7-14)4-1-5-12/h2-3,8H,1,4-7,14H2. The molecule has 1 fully saturated rings. The van der Waals surface area contributed by atoms with Crippen LogP contribution in [0.1, 0.15) is 31.2 Å². The highest BCUT2D eigenvalue weighted by molar-refractivity contribution is 5.39. The maximum absolute atomic E-state index is 13.6. The van der Waals surface area contributed by atoms with Gasteiger partial charge in [-0.3, -0.25) is 10.1 Å². The lowest BCUT2D eigenvalue weighted by molar-refractivity contribution is -0.387. The summed E-state index contributed by atoms with van der Waals surface area (Å²) in [7, 11) is 0. The van der Waals surface area contributed by atoms with Gasteiger partial charge in [-0.25, -0.2) is 0 Å². The van der Waals surface area contributed by atoms with Crippen molar-refractivity contribution in [1.29, 1.82) is 0 Å². The molecule has 0 aliphatic heterocycles. The summed E-state index contributed by atoms with van der Waals surface area (Å²) in [5.41, 5.74) is 5.91. The van der Waals surface area contributed by atoms with Crippen molar-refractivity contribution in [2.45, 2.75) is 31.1 Å². The van der Waals surface area contributed by atoms with Gasteiger partial charge in [0.2, 0.25) is 5.82 Å². The number of nitro benzene ring substituents is 1. The van der Waals surface area contributed by atoms with Crippen LogP contribution in [0.25, 0.3) is 0 Å². The Labute approximate surface area is 98.8 Å². The van der Waals surface area contributed by atoms with Crippen molar-refractivity contribution < 1.29 is 9.31 Å². The van der Waals surface area contributed by atoms with Crippen LogP contribution in [-0.4, -0.2) is 11.5 Å². The van der Waals surface area contributed by atoms with Gasteiger partial charge < -0.3 is 5.73 Å². The number of benzene rings is 1. The van der Waals surface area contributed by atoms with E-state index < -0.39 is 16.4 Å². The van der Waals surface area contributed by atoms with E-state index >= 15 is 0 Å². The van der Waals surface area contributed by atoms with E-state index in [1.165, 1.54) is 12.1 Å². The first kappa shape index (κ1) is 12.0. The van der Waals surface area contributed by atoms with Crippen LogP contribution in [-0.2, 0) is 5.41 Å². The largest absolute Gasteiger partial charge is 0.330 e. The minimum atomic E-state index is -0.754. The van der Waals surface area contributed by atoms with Crippen LogP contribution in [0.5, 0.6) is 0 Å². The molecule has 0 radical (unpaired) electrons. The van der Waals surface area contributed by atoms with Crippen molar-refractivity contribution in [1.82, 2.24) is 0 Å². The molecule has 0 spiro atoms. The summed E-state index contributed by atoms with van der Waals surface area (Å²) in [6.07, 6.45) is 3.89. The Morgan fingerprint density at radius 2 is 2.18 bits per heavy atom. The monoisotopic (exact) mass is 238 g/mol. The Bertz CT molecular complexity index is 444. The molecule has 1 aromatic carbocycles. The molecule has 1 saturated carbocycles. The van der Waals surface area contributed by atoms with Gasteiger partial charge in [0.05, 0.1) is 4.92 Å². The summed E-state index contributed by atoms with van der Waals surface area (Å²) < 4.78 is 13.6. The van der Waals surface area contributed by atoms with Gasteiger partial charge in [0.1, 0.15) is 0 Å². The normalized spacial score (nSPS) is 17.5. The van der Waals surface area contributed by atoms with E-state index in [-0.39, 0.29) is 5.41 Å². The summed E-state index contributed by atoms with van der Waals surface area (Å²) in [4.78, 5) is 9.84. The molecule has 0 amide bonds. The number of hydrogen-bond acceptors (Lipinski definition) is 3. The lowest BCUT2D eigenvalue weighted by Gasteiger charge is -2.42. The second-order valence-corrected chi connectivity index (χ2v) is 4.60. The number of nitrogens with zero attached hydrogens (tertiary/aromatic N) is 1. The van der Waals surface area contributed by atoms with E-state index in [2.05, 4.69) is 0 Å². The van der Waals surface area contributed by atoms with Crippen LogP contribution in [0.3, 0.4) is 0 Å². The number of nitrogens with two attached hydrogens (primary N) is 1. The Morgan fingerprint density at radius 1 is 1.47 bits per heavy atom. The van der Waals surface area contributed by atoms with Crippen LogP contribution in [0.15, 0.2) is 18.2 Å². The topological polar surface area (TPSA) is 69.2 Å². The van der Waals surface area contributed by atoms with Gasteiger partial charge >= 0.3 is 5.69 Å². The van der Waals surface area contributed by atoms with Gasteiger partial charge in [0.25, 0.3) is 0 Å². The summed E-state index contributed by atoms with van der Waals surface area (Å²) in [5, 5.41) is 10.5. The van der Waals surface area contributed by atoms with Gasteiger partial charge in [-0.2, -0.15) is 4.39 Å². The van der Waals surface area contributed by atoms with E-state index in [4.69, 9.17) is 5.73 Å². The van der Waals surface area contributed by atoms with E-state index in [9.17, 15) is 14.5 Å². The van der Waals surface area contributed by atoms with Gasteiger partial charge in [-0.05, 0) is 42.9 Å². The maximum atomic E-state index is 13.6. The molecule has 5 heteroatoms. The zero-order valence-corrected chi connectivity index (χ0v) is 9.49. The third-order valence-corrected chi connectivity index (χ3v) is 3.69. The predicted molar refractivity (Wildman–Crippen MR) is 62.3 cm³/mol. The third kappa shape index (κ3) is 2.02. The first-order chi connectivity index (χ1) is 8.09. The van der Waals surface area contributed by atoms with Crippen LogP contribution in [0.2, 0.25) is 0 Å². The van der Waals surface area contributed by atoms with Crippen molar-refractivity contribution >= 4 is 5.69 Å². The Balaban J connectivity index is 2.33. The van der Waals surface area contributed by atoms with E-state index in [0.29, 0.717) is 6.54 Å². The molecule has 1 aliphatic carbocycles.